The molecule has 2 aliphatic carbocycles. The Kier molecular flexibility index (Phi) is 5.40. The van der Waals surface area contributed by atoms with Crippen molar-refractivity contribution >= 4 is 23.0 Å². The quantitative estimate of drug-likeness (QED) is 0.567. The van der Waals surface area contributed by atoms with Crippen LogP contribution in [-0.2, 0) is 0 Å². The molecule has 1 aliphatic heterocycles. The van der Waals surface area contributed by atoms with E-state index < -0.39 is 4.92 Å². The average Bonchev–Trinajstić information content (AvgIpc) is 3.48. The van der Waals surface area contributed by atoms with Crippen LogP contribution < -0.4 is 15.5 Å². The van der Waals surface area contributed by atoms with Gasteiger partial charge in [-0.2, -0.15) is 0 Å². The summed E-state index contributed by atoms with van der Waals surface area (Å²) in [6, 6.07) is 3.41. The van der Waals surface area contributed by atoms with Gasteiger partial charge in [-0.05, 0) is 68.8 Å². The van der Waals surface area contributed by atoms with E-state index in [1.807, 2.05) is 0 Å². The van der Waals surface area contributed by atoms with Crippen LogP contribution in [0.15, 0.2) is 12.1 Å². The van der Waals surface area contributed by atoms with Crippen molar-refractivity contribution in [1.29, 1.82) is 0 Å². The number of nitrogens with one attached hydrogen (secondary N) is 2. The zero-order chi connectivity index (χ0) is 20.6. The van der Waals surface area contributed by atoms with Crippen molar-refractivity contribution in [1.82, 2.24) is 5.32 Å². The highest BCUT2D eigenvalue weighted by Gasteiger charge is 2.44. The lowest BCUT2D eigenvalue weighted by atomic mass is 9.87. The molecule has 0 atom stereocenters. The van der Waals surface area contributed by atoms with Gasteiger partial charge >= 0.3 is 0 Å². The predicted octanol–water partition coefficient (Wildman–Crippen LogP) is 4.33. The smallest absolute Gasteiger partial charge is 0.293 e. The molecule has 1 spiro atoms. The SMILES string of the molecule is CNc1cc(N2CCC3(CC2)CC3)c(C(=O)N[C@H]2CC[C@H](C)CC2)cc1[N+](=O)[O-]. The number of hydrogen-bond acceptors (Lipinski definition) is 5. The standard InChI is InChI=1S/C22H32N4O3/c1-15-3-5-16(6-4-15)24-21(27)17-13-20(26(28)29)18(23-2)14-19(17)25-11-9-22(7-8-22)10-12-25/h13-16,23H,3-12H2,1-2H3,(H,24,27)/t15-,16-. The number of rotatable bonds is 5. The summed E-state index contributed by atoms with van der Waals surface area (Å²) in [6.07, 6.45) is 9.10. The molecule has 4 rings (SSSR count). The Balaban J connectivity index is 1.61. The second-order valence-corrected chi connectivity index (χ2v) is 9.31. The second-order valence-electron chi connectivity index (χ2n) is 9.31. The summed E-state index contributed by atoms with van der Waals surface area (Å²) >= 11 is 0. The highest BCUT2D eigenvalue weighted by Crippen LogP contribution is 2.54. The van der Waals surface area contributed by atoms with Crippen molar-refractivity contribution in [2.45, 2.75) is 64.3 Å². The van der Waals surface area contributed by atoms with E-state index in [-0.39, 0.29) is 17.6 Å². The van der Waals surface area contributed by atoms with Crippen LogP contribution in [0.1, 0.15) is 68.6 Å². The number of nitrogens with zero attached hydrogens (tertiary/aromatic N) is 2. The molecule has 29 heavy (non-hydrogen) atoms. The van der Waals surface area contributed by atoms with E-state index in [0.29, 0.717) is 22.6 Å². The summed E-state index contributed by atoms with van der Waals surface area (Å²) in [5.41, 5.74) is 2.19. The summed E-state index contributed by atoms with van der Waals surface area (Å²) in [4.78, 5) is 26.6. The Morgan fingerprint density at radius 2 is 1.79 bits per heavy atom. The fraction of sp³-hybridized carbons (Fsp3) is 0.682. The first-order chi connectivity index (χ1) is 13.9. The predicted molar refractivity (Wildman–Crippen MR) is 115 cm³/mol. The number of piperidine rings is 1. The maximum absolute atomic E-state index is 13.2. The van der Waals surface area contributed by atoms with Gasteiger partial charge in [-0.1, -0.05) is 6.92 Å². The normalized spacial score (nSPS) is 25.5. The van der Waals surface area contributed by atoms with Gasteiger partial charge in [0, 0.05) is 32.2 Å². The van der Waals surface area contributed by atoms with Gasteiger partial charge in [0.2, 0.25) is 0 Å². The van der Waals surface area contributed by atoms with Crippen LogP contribution >= 0.6 is 0 Å². The first-order valence-electron chi connectivity index (χ1n) is 11.0. The third kappa shape index (κ3) is 4.19. The maximum atomic E-state index is 13.2. The van der Waals surface area contributed by atoms with Crippen LogP contribution in [0, 0.1) is 21.4 Å². The number of carbonyl (C=O) groups is 1. The molecular weight excluding hydrogens is 368 g/mol. The molecule has 7 heteroatoms. The first-order valence-corrected chi connectivity index (χ1v) is 11.0. The van der Waals surface area contributed by atoms with Crippen LogP contribution in [0.2, 0.25) is 0 Å². The molecule has 3 fully saturated rings. The molecule has 1 heterocycles. The summed E-state index contributed by atoms with van der Waals surface area (Å²) in [6.45, 7) is 4.06. The highest BCUT2D eigenvalue weighted by molar-refractivity contribution is 6.02. The maximum Gasteiger partial charge on any atom is 0.293 e. The van der Waals surface area contributed by atoms with Crippen LogP contribution in [0.4, 0.5) is 17.1 Å². The Morgan fingerprint density at radius 1 is 1.14 bits per heavy atom. The zero-order valence-corrected chi connectivity index (χ0v) is 17.5. The lowest BCUT2D eigenvalue weighted by molar-refractivity contribution is -0.383. The third-order valence-corrected chi connectivity index (χ3v) is 7.30. The van der Waals surface area contributed by atoms with Gasteiger partial charge in [0.25, 0.3) is 11.6 Å². The van der Waals surface area contributed by atoms with Gasteiger partial charge < -0.3 is 15.5 Å². The minimum atomic E-state index is -0.413. The molecule has 1 aromatic rings. The highest BCUT2D eigenvalue weighted by atomic mass is 16.6. The number of anilines is 2. The summed E-state index contributed by atoms with van der Waals surface area (Å²) in [7, 11) is 1.68. The molecule has 1 aromatic carbocycles. The monoisotopic (exact) mass is 400 g/mol. The molecule has 158 valence electrons. The summed E-state index contributed by atoms with van der Waals surface area (Å²) in [5, 5.41) is 17.7. The first kappa shape index (κ1) is 20.0. The Hall–Kier alpha value is -2.31. The number of hydrogen-bond donors (Lipinski definition) is 2. The minimum Gasteiger partial charge on any atom is -0.383 e. The summed E-state index contributed by atoms with van der Waals surface area (Å²) < 4.78 is 0. The molecule has 1 saturated heterocycles. The second kappa shape index (κ2) is 7.84. The largest absolute Gasteiger partial charge is 0.383 e. The van der Waals surface area contributed by atoms with Crippen molar-refractivity contribution < 1.29 is 9.72 Å². The van der Waals surface area contributed by atoms with E-state index in [2.05, 4.69) is 22.5 Å². The fourth-order valence-electron chi connectivity index (χ4n) is 4.94. The van der Waals surface area contributed by atoms with Gasteiger partial charge in [0.15, 0.2) is 0 Å². The van der Waals surface area contributed by atoms with Crippen molar-refractivity contribution in [2.24, 2.45) is 11.3 Å². The molecule has 0 radical (unpaired) electrons. The fourth-order valence-corrected chi connectivity index (χ4v) is 4.94. The molecule has 2 saturated carbocycles. The minimum absolute atomic E-state index is 0.0469. The van der Waals surface area contributed by atoms with Crippen LogP contribution in [0.25, 0.3) is 0 Å². The molecule has 2 N–H and O–H groups in total. The van der Waals surface area contributed by atoms with E-state index in [1.54, 1.807) is 13.1 Å². The van der Waals surface area contributed by atoms with Crippen molar-refractivity contribution in [2.75, 3.05) is 30.4 Å². The van der Waals surface area contributed by atoms with Gasteiger partial charge in [0.1, 0.15) is 5.69 Å². The number of nitro benzene ring substituents is 1. The van der Waals surface area contributed by atoms with Gasteiger partial charge in [-0.25, -0.2) is 0 Å². The van der Waals surface area contributed by atoms with E-state index >= 15 is 0 Å². The Bertz CT molecular complexity index is 787. The number of carbonyl (C=O) groups excluding carboxylic acids is 1. The van der Waals surface area contributed by atoms with Gasteiger partial charge in [-0.3, -0.25) is 14.9 Å². The molecule has 0 unspecified atom stereocenters. The lowest BCUT2D eigenvalue weighted by Crippen LogP contribution is -2.39. The zero-order valence-electron chi connectivity index (χ0n) is 17.5. The van der Waals surface area contributed by atoms with Crippen LogP contribution in [0.3, 0.4) is 0 Å². The van der Waals surface area contributed by atoms with Crippen molar-refractivity contribution in [3.8, 4) is 0 Å². The molecule has 3 aliphatic rings. The number of nitro groups is 1. The van der Waals surface area contributed by atoms with Crippen molar-refractivity contribution in [3.05, 3.63) is 27.8 Å². The molecule has 0 aromatic heterocycles. The van der Waals surface area contributed by atoms with Crippen molar-refractivity contribution in [3.63, 3.8) is 0 Å². The summed E-state index contributed by atoms with van der Waals surface area (Å²) in [5.74, 6) is 0.523. The number of benzene rings is 1. The van der Waals surface area contributed by atoms with E-state index in [4.69, 9.17) is 0 Å². The van der Waals surface area contributed by atoms with E-state index in [9.17, 15) is 14.9 Å². The van der Waals surface area contributed by atoms with Gasteiger partial charge in [-0.15, -0.1) is 0 Å². The Labute approximate surface area is 172 Å². The molecule has 1 amide bonds. The van der Waals surface area contributed by atoms with Crippen LogP contribution in [-0.4, -0.2) is 37.0 Å². The lowest BCUT2D eigenvalue weighted by Gasteiger charge is -2.35. The number of amides is 1. The molecule has 0 bridgehead atoms. The van der Waals surface area contributed by atoms with E-state index in [0.717, 1.165) is 57.3 Å². The topological polar surface area (TPSA) is 87.5 Å². The molecular formula is C22H32N4O3. The Morgan fingerprint density at radius 3 is 2.34 bits per heavy atom. The van der Waals surface area contributed by atoms with E-state index in [1.165, 1.54) is 18.9 Å². The third-order valence-electron chi connectivity index (χ3n) is 7.30. The van der Waals surface area contributed by atoms with Gasteiger partial charge in [0.05, 0.1) is 16.2 Å². The van der Waals surface area contributed by atoms with Crippen LogP contribution in [0.5, 0.6) is 0 Å². The average molecular weight is 401 g/mol. The molecule has 7 nitrogen and oxygen atoms in total.